The van der Waals surface area contributed by atoms with Crippen molar-refractivity contribution < 1.29 is 22.7 Å². The number of carbonyl (C=O) groups is 1. The third kappa shape index (κ3) is 3.95. The molecule has 9 heteroatoms. The fraction of sp³-hybridized carbons (Fsp3) is 0.526. The Kier molecular flexibility index (Phi) is 5.59. The molecule has 2 aromatic rings. The van der Waals surface area contributed by atoms with E-state index in [0.29, 0.717) is 15.5 Å². The fourth-order valence-electron chi connectivity index (χ4n) is 4.41. The van der Waals surface area contributed by atoms with Gasteiger partial charge >= 0.3 is 6.36 Å². The lowest BCUT2D eigenvalue weighted by molar-refractivity contribution is -0.274. The van der Waals surface area contributed by atoms with E-state index in [0.717, 1.165) is 31.3 Å². The predicted octanol–water partition coefficient (Wildman–Crippen LogP) is 4.82. The van der Waals surface area contributed by atoms with Gasteiger partial charge in [-0.25, -0.2) is 0 Å². The molecule has 1 unspecified atom stereocenters. The van der Waals surface area contributed by atoms with E-state index in [1.165, 1.54) is 23.5 Å². The summed E-state index contributed by atoms with van der Waals surface area (Å²) in [5, 5.41) is 3.92. The van der Waals surface area contributed by atoms with Crippen LogP contribution < -0.4 is 10.1 Å². The van der Waals surface area contributed by atoms with Crippen LogP contribution in [0.1, 0.15) is 36.4 Å². The number of nitrogens with one attached hydrogen (secondary N) is 1. The van der Waals surface area contributed by atoms with Gasteiger partial charge in [-0.3, -0.25) is 9.69 Å². The number of amides is 1. The van der Waals surface area contributed by atoms with E-state index >= 15 is 0 Å². The van der Waals surface area contributed by atoms with Gasteiger partial charge in [0.1, 0.15) is 5.75 Å². The van der Waals surface area contributed by atoms with Crippen molar-refractivity contribution in [3.05, 3.63) is 29.1 Å². The van der Waals surface area contributed by atoms with E-state index in [1.54, 1.807) is 12.1 Å². The molecular weight excluding hydrogens is 413 g/mol. The van der Waals surface area contributed by atoms with E-state index in [9.17, 15) is 18.0 Å². The second-order valence-electron chi connectivity index (χ2n) is 7.79. The molecule has 4 nitrogen and oxygen atoms in total. The quantitative estimate of drug-likeness (QED) is 0.752. The summed E-state index contributed by atoms with van der Waals surface area (Å²) in [7, 11) is 0. The van der Waals surface area contributed by atoms with Gasteiger partial charge in [0, 0.05) is 16.3 Å². The molecule has 1 N–H and O–H groups in total. The van der Waals surface area contributed by atoms with Crippen LogP contribution in [0.4, 0.5) is 13.2 Å². The van der Waals surface area contributed by atoms with Gasteiger partial charge < -0.3 is 10.1 Å². The number of carbonyl (C=O) groups excluding carboxylic acids is 1. The Hall–Kier alpha value is -1.51. The zero-order chi connectivity index (χ0) is 19.4. The number of hydrogen-bond acceptors (Lipinski definition) is 4. The average molecular weight is 435 g/mol. The summed E-state index contributed by atoms with van der Waals surface area (Å²) in [5.74, 6) is 0.0266. The van der Waals surface area contributed by atoms with Crippen molar-refractivity contribution in [1.82, 2.24) is 10.2 Å². The van der Waals surface area contributed by atoms with Crippen LogP contribution in [-0.2, 0) is 0 Å². The molecule has 154 valence electrons. The third-order valence-electron chi connectivity index (χ3n) is 5.82. The van der Waals surface area contributed by atoms with E-state index < -0.39 is 6.36 Å². The van der Waals surface area contributed by atoms with Gasteiger partial charge in [-0.15, -0.1) is 36.9 Å². The number of fused-ring (bicyclic) bond motifs is 4. The first-order valence-electron chi connectivity index (χ1n) is 8.99. The monoisotopic (exact) mass is 434 g/mol. The largest absolute Gasteiger partial charge is 0.573 e. The average Bonchev–Trinajstić information content (AvgIpc) is 3.00. The van der Waals surface area contributed by atoms with Crippen molar-refractivity contribution in [1.29, 1.82) is 0 Å². The minimum atomic E-state index is -4.73. The Labute approximate surface area is 171 Å². The zero-order valence-electron chi connectivity index (χ0n) is 15.5. The molecule has 1 atom stereocenters. The van der Waals surface area contributed by atoms with Crippen LogP contribution in [0.3, 0.4) is 0 Å². The minimum Gasteiger partial charge on any atom is -0.406 e. The first-order valence-corrected chi connectivity index (χ1v) is 9.80. The van der Waals surface area contributed by atoms with Crippen molar-refractivity contribution >= 4 is 39.7 Å². The smallest absolute Gasteiger partial charge is 0.406 e. The standard InChI is InChI=1S/C19H21F3N2O2S.ClH/c1-18(2)16(11-5-7-24(18)8-6-11)23-17(25)15-9-12-3-4-13(10-14(12)27-15)26-19(20,21)22;/h3-4,9-11,16H,5-8H2,1-2H3,(H,23,25);1H. The van der Waals surface area contributed by atoms with Gasteiger partial charge in [0.05, 0.1) is 4.88 Å². The molecule has 1 aromatic carbocycles. The van der Waals surface area contributed by atoms with Gasteiger partial charge in [0.25, 0.3) is 5.91 Å². The Balaban J connectivity index is 0.00000225. The summed E-state index contributed by atoms with van der Waals surface area (Å²) < 4.78 is 41.7. The second-order valence-corrected chi connectivity index (χ2v) is 8.87. The first kappa shape index (κ1) is 21.2. The number of alkyl halides is 3. The van der Waals surface area contributed by atoms with Crippen molar-refractivity contribution in [3.63, 3.8) is 0 Å². The van der Waals surface area contributed by atoms with Gasteiger partial charge in [-0.1, -0.05) is 0 Å². The molecule has 1 aromatic heterocycles. The summed E-state index contributed by atoms with van der Waals surface area (Å²) >= 11 is 1.18. The van der Waals surface area contributed by atoms with Gasteiger partial charge in [-0.05, 0) is 75.3 Å². The van der Waals surface area contributed by atoms with Crippen molar-refractivity contribution in [2.45, 2.75) is 44.6 Å². The second kappa shape index (κ2) is 7.39. The highest BCUT2D eigenvalue weighted by atomic mass is 35.5. The number of ether oxygens (including phenoxy) is 1. The van der Waals surface area contributed by atoms with Crippen LogP contribution >= 0.6 is 23.7 Å². The number of nitrogens with zero attached hydrogens (tertiary/aromatic N) is 1. The first-order chi connectivity index (χ1) is 12.6. The minimum absolute atomic E-state index is 0. The number of piperidine rings is 3. The maximum atomic E-state index is 12.8. The van der Waals surface area contributed by atoms with E-state index in [4.69, 9.17) is 0 Å². The van der Waals surface area contributed by atoms with Gasteiger partial charge in [0.2, 0.25) is 0 Å². The molecule has 0 radical (unpaired) electrons. The van der Waals surface area contributed by atoms with Crippen LogP contribution in [0.15, 0.2) is 24.3 Å². The summed E-state index contributed by atoms with van der Waals surface area (Å²) in [6.45, 7) is 6.45. The van der Waals surface area contributed by atoms with E-state index in [2.05, 4.69) is 28.8 Å². The lowest BCUT2D eigenvalue weighted by Gasteiger charge is -2.56. The van der Waals surface area contributed by atoms with Crippen molar-refractivity contribution in [2.24, 2.45) is 5.92 Å². The normalized spacial score (nSPS) is 26.0. The SMILES string of the molecule is CC1(C)C(NC(=O)c2cc3ccc(OC(F)(F)F)cc3s2)C2CCN1CC2.Cl. The number of benzene rings is 1. The number of hydrogen-bond donors (Lipinski definition) is 1. The lowest BCUT2D eigenvalue weighted by Crippen LogP contribution is -2.69. The molecule has 28 heavy (non-hydrogen) atoms. The molecule has 2 bridgehead atoms. The summed E-state index contributed by atoms with van der Waals surface area (Å²) in [5.41, 5.74) is -0.0960. The molecule has 0 spiro atoms. The third-order valence-corrected chi connectivity index (χ3v) is 6.92. The van der Waals surface area contributed by atoms with Crippen molar-refractivity contribution in [3.8, 4) is 5.75 Å². The summed E-state index contributed by atoms with van der Waals surface area (Å²) in [6, 6.07) is 5.92. The van der Waals surface area contributed by atoms with Crippen molar-refractivity contribution in [2.75, 3.05) is 13.1 Å². The Morgan fingerprint density at radius 3 is 2.54 bits per heavy atom. The maximum Gasteiger partial charge on any atom is 0.573 e. The molecule has 4 heterocycles. The predicted molar refractivity (Wildman–Crippen MR) is 105 cm³/mol. The van der Waals surface area contributed by atoms with E-state index in [-0.39, 0.29) is 35.6 Å². The van der Waals surface area contributed by atoms with Gasteiger partial charge in [-0.2, -0.15) is 0 Å². The van der Waals surface area contributed by atoms with E-state index in [1.807, 2.05) is 0 Å². The molecule has 1 amide bonds. The van der Waals surface area contributed by atoms with Crippen LogP contribution in [0, 0.1) is 5.92 Å². The molecular formula is C19H22ClF3N2O2S. The van der Waals surface area contributed by atoms with Crippen LogP contribution in [-0.4, -0.2) is 41.8 Å². The molecule has 3 saturated heterocycles. The number of rotatable bonds is 3. The summed E-state index contributed by atoms with van der Waals surface area (Å²) in [4.78, 5) is 15.8. The zero-order valence-corrected chi connectivity index (χ0v) is 17.1. The van der Waals surface area contributed by atoms with Crippen LogP contribution in [0.2, 0.25) is 0 Å². The Bertz CT molecular complexity index is 876. The number of halogens is 4. The van der Waals surface area contributed by atoms with Gasteiger partial charge in [0.15, 0.2) is 0 Å². The number of thiophene rings is 1. The molecule has 0 aliphatic carbocycles. The van der Waals surface area contributed by atoms with Crippen LogP contribution in [0.25, 0.3) is 10.1 Å². The Morgan fingerprint density at radius 1 is 1.25 bits per heavy atom. The highest BCUT2D eigenvalue weighted by molar-refractivity contribution is 7.20. The maximum absolute atomic E-state index is 12.8. The highest BCUT2D eigenvalue weighted by Crippen LogP contribution is 2.39. The fourth-order valence-corrected chi connectivity index (χ4v) is 5.40. The molecule has 3 aliphatic rings. The molecule has 3 aliphatic heterocycles. The summed E-state index contributed by atoms with van der Waals surface area (Å²) in [6.07, 6.45) is -2.57. The highest BCUT2D eigenvalue weighted by Gasteiger charge is 2.48. The Morgan fingerprint density at radius 2 is 1.93 bits per heavy atom. The lowest BCUT2D eigenvalue weighted by atomic mass is 9.72. The topological polar surface area (TPSA) is 41.6 Å². The molecule has 5 rings (SSSR count). The van der Waals surface area contributed by atoms with Crippen LogP contribution in [0.5, 0.6) is 5.75 Å². The molecule has 0 saturated carbocycles. The molecule has 3 fully saturated rings.